The summed E-state index contributed by atoms with van der Waals surface area (Å²) < 4.78 is 3.54. The lowest BCUT2D eigenvalue weighted by molar-refractivity contribution is 0.206. The first kappa shape index (κ1) is 15.7. The molecule has 0 saturated heterocycles. The lowest BCUT2D eigenvalue weighted by atomic mass is 10.2. The van der Waals surface area contributed by atoms with E-state index in [0.717, 1.165) is 16.9 Å². The number of imidazole rings is 1. The maximum Gasteiger partial charge on any atom is 0.317 e. The Kier molecular flexibility index (Phi) is 4.55. The standard InChI is InChI=1S/C16H19N7O/c1-21(10-14-11-22(2)20-19-14)16(24)18-9-13-4-3-5-15(8-13)23-7-6-17-12-23/h3-8,11-12H,9-10H2,1-2H3,(H,18,24). The lowest BCUT2D eigenvalue weighted by Crippen LogP contribution is -2.36. The van der Waals surface area contributed by atoms with E-state index in [1.807, 2.05) is 35.0 Å². The van der Waals surface area contributed by atoms with Gasteiger partial charge in [-0.05, 0) is 17.7 Å². The fraction of sp³-hybridized carbons (Fsp3) is 0.250. The number of carbonyl (C=O) groups excluding carboxylic acids is 1. The van der Waals surface area contributed by atoms with Crippen molar-refractivity contribution in [3.05, 3.63) is 60.4 Å². The SMILES string of the molecule is CN(Cc1cn(C)nn1)C(=O)NCc1cccc(-n2ccnc2)c1. The van der Waals surface area contributed by atoms with Crippen LogP contribution in [0.5, 0.6) is 0 Å². The zero-order valence-electron chi connectivity index (χ0n) is 13.6. The quantitative estimate of drug-likeness (QED) is 0.767. The Labute approximate surface area is 139 Å². The average Bonchev–Trinajstić information content (AvgIpc) is 3.25. The Morgan fingerprint density at radius 2 is 2.25 bits per heavy atom. The van der Waals surface area contributed by atoms with E-state index in [1.54, 1.807) is 42.4 Å². The Morgan fingerprint density at radius 1 is 1.38 bits per heavy atom. The van der Waals surface area contributed by atoms with Crippen molar-refractivity contribution in [1.29, 1.82) is 0 Å². The van der Waals surface area contributed by atoms with Gasteiger partial charge in [-0.25, -0.2) is 9.78 Å². The van der Waals surface area contributed by atoms with Gasteiger partial charge >= 0.3 is 6.03 Å². The van der Waals surface area contributed by atoms with E-state index in [9.17, 15) is 4.79 Å². The Bertz CT molecular complexity index is 809. The molecule has 0 atom stereocenters. The van der Waals surface area contributed by atoms with Crippen LogP contribution in [0.25, 0.3) is 5.69 Å². The van der Waals surface area contributed by atoms with E-state index in [4.69, 9.17) is 0 Å². The van der Waals surface area contributed by atoms with E-state index >= 15 is 0 Å². The van der Waals surface area contributed by atoms with E-state index in [-0.39, 0.29) is 6.03 Å². The van der Waals surface area contributed by atoms with E-state index in [2.05, 4.69) is 20.6 Å². The molecule has 0 fully saturated rings. The van der Waals surface area contributed by atoms with Gasteiger partial charge in [0.05, 0.1) is 12.9 Å². The highest BCUT2D eigenvalue weighted by Gasteiger charge is 2.10. The third-order valence-corrected chi connectivity index (χ3v) is 3.55. The molecule has 8 nitrogen and oxygen atoms in total. The molecule has 0 radical (unpaired) electrons. The number of aromatic nitrogens is 5. The van der Waals surface area contributed by atoms with E-state index in [1.165, 1.54) is 0 Å². The van der Waals surface area contributed by atoms with Gasteiger partial charge in [-0.15, -0.1) is 5.10 Å². The first-order valence-corrected chi connectivity index (χ1v) is 7.53. The third-order valence-electron chi connectivity index (χ3n) is 3.55. The van der Waals surface area contributed by atoms with Gasteiger partial charge in [0.2, 0.25) is 0 Å². The number of rotatable bonds is 5. The molecule has 0 aliphatic carbocycles. The monoisotopic (exact) mass is 325 g/mol. The van der Waals surface area contributed by atoms with Crippen LogP contribution in [0.15, 0.2) is 49.2 Å². The first-order valence-electron chi connectivity index (χ1n) is 7.53. The molecule has 1 aromatic carbocycles. The number of benzene rings is 1. The first-order chi connectivity index (χ1) is 11.6. The van der Waals surface area contributed by atoms with Gasteiger partial charge in [0, 0.05) is 44.9 Å². The summed E-state index contributed by atoms with van der Waals surface area (Å²) in [5, 5.41) is 10.7. The summed E-state index contributed by atoms with van der Waals surface area (Å²) in [5.41, 5.74) is 2.77. The predicted molar refractivity (Wildman–Crippen MR) is 88.3 cm³/mol. The number of carbonyl (C=O) groups is 1. The highest BCUT2D eigenvalue weighted by atomic mass is 16.2. The van der Waals surface area contributed by atoms with Crippen molar-refractivity contribution in [2.45, 2.75) is 13.1 Å². The maximum absolute atomic E-state index is 12.2. The van der Waals surface area contributed by atoms with Crippen LogP contribution in [0.2, 0.25) is 0 Å². The number of urea groups is 1. The fourth-order valence-corrected chi connectivity index (χ4v) is 2.33. The second kappa shape index (κ2) is 6.95. The Balaban J connectivity index is 1.57. The van der Waals surface area contributed by atoms with Gasteiger partial charge in [-0.3, -0.25) is 4.68 Å². The molecule has 1 N–H and O–H groups in total. The summed E-state index contributed by atoms with van der Waals surface area (Å²) in [5.74, 6) is 0. The minimum Gasteiger partial charge on any atom is -0.334 e. The van der Waals surface area contributed by atoms with Crippen molar-refractivity contribution < 1.29 is 4.79 Å². The van der Waals surface area contributed by atoms with E-state index in [0.29, 0.717) is 13.1 Å². The number of amides is 2. The van der Waals surface area contributed by atoms with Crippen molar-refractivity contribution >= 4 is 6.03 Å². The van der Waals surface area contributed by atoms with Crippen LogP contribution in [-0.4, -0.2) is 42.5 Å². The van der Waals surface area contributed by atoms with Gasteiger partial charge in [0.15, 0.2) is 0 Å². The largest absolute Gasteiger partial charge is 0.334 e. The third kappa shape index (κ3) is 3.78. The zero-order valence-corrected chi connectivity index (χ0v) is 13.6. The summed E-state index contributed by atoms with van der Waals surface area (Å²) in [4.78, 5) is 17.8. The molecule has 0 spiro atoms. The Morgan fingerprint density at radius 3 is 2.96 bits per heavy atom. The van der Waals surface area contributed by atoms with Gasteiger partial charge < -0.3 is 14.8 Å². The maximum atomic E-state index is 12.2. The second-order valence-corrected chi connectivity index (χ2v) is 5.54. The molecular weight excluding hydrogens is 306 g/mol. The molecule has 3 rings (SSSR count). The molecule has 2 aromatic heterocycles. The summed E-state index contributed by atoms with van der Waals surface area (Å²) in [7, 11) is 3.52. The van der Waals surface area contributed by atoms with Crippen LogP contribution < -0.4 is 5.32 Å². The molecule has 3 aromatic rings. The normalized spacial score (nSPS) is 10.6. The minimum absolute atomic E-state index is 0.159. The number of nitrogens with zero attached hydrogens (tertiary/aromatic N) is 6. The van der Waals surface area contributed by atoms with Gasteiger partial charge in [-0.2, -0.15) is 0 Å². The molecule has 124 valence electrons. The number of aryl methyl sites for hydroxylation is 1. The minimum atomic E-state index is -0.159. The molecule has 0 aliphatic heterocycles. The number of hydrogen-bond acceptors (Lipinski definition) is 4. The molecule has 0 saturated carbocycles. The molecule has 24 heavy (non-hydrogen) atoms. The van der Waals surface area contributed by atoms with Crippen LogP contribution >= 0.6 is 0 Å². The average molecular weight is 325 g/mol. The van der Waals surface area contributed by atoms with E-state index < -0.39 is 0 Å². The van der Waals surface area contributed by atoms with Crippen molar-refractivity contribution in [3.8, 4) is 5.69 Å². The molecular formula is C16H19N7O. The van der Waals surface area contributed by atoms with Crippen LogP contribution in [0.3, 0.4) is 0 Å². The van der Waals surface area contributed by atoms with Gasteiger partial charge in [0.1, 0.15) is 5.69 Å². The van der Waals surface area contributed by atoms with Crippen molar-refractivity contribution in [3.63, 3.8) is 0 Å². The predicted octanol–water partition coefficient (Wildman–Crippen LogP) is 1.34. The van der Waals surface area contributed by atoms with Gasteiger partial charge in [0.25, 0.3) is 0 Å². The highest BCUT2D eigenvalue weighted by Crippen LogP contribution is 2.10. The fourth-order valence-electron chi connectivity index (χ4n) is 2.33. The topological polar surface area (TPSA) is 80.9 Å². The molecule has 0 bridgehead atoms. The molecule has 0 unspecified atom stereocenters. The molecule has 2 heterocycles. The second-order valence-electron chi connectivity index (χ2n) is 5.54. The summed E-state index contributed by atoms with van der Waals surface area (Å²) in [6, 6.07) is 7.79. The van der Waals surface area contributed by atoms with Crippen molar-refractivity contribution in [2.24, 2.45) is 7.05 Å². The van der Waals surface area contributed by atoms with Crippen LogP contribution in [0, 0.1) is 0 Å². The lowest BCUT2D eigenvalue weighted by Gasteiger charge is -2.16. The van der Waals surface area contributed by atoms with Crippen molar-refractivity contribution in [1.82, 2.24) is 34.8 Å². The van der Waals surface area contributed by atoms with Crippen LogP contribution in [0.4, 0.5) is 4.79 Å². The number of nitrogens with one attached hydrogen (secondary N) is 1. The molecule has 0 aliphatic rings. The smallest absolute Gasteiger partial charge is 0.317 e. The van der Waals surface area contributed by atoms with Crippen molar-refractivity contribution in [2.75, 3.05) is 7.05 Å². The molecule has 2 amide bonds. The summed E-state index contributed by atoms with van der Waals surface area (Å²) in [6.07, 6.45) is 7.15. The number of hydrogen-bond donors (Lipinski definition) is 1. The Hall–Kier alpha value is -3.16. The molecule has 8 heteroatoms. The summed E-state index contributed by atoms with van der Waals surface area (Å²) in [6.45, 7) is 0.862. The van der Waals surface area contributed by atoms with Gasteiger partial charge in [-0.1, -0.05) is 17.3 Å². The highest BCUT2D eigenvalue weighted by molar-refractivity contribution is 5.73. The van der Waals surface area contributed by atoms with Crippen LogP contribution in [-0.2, 0) is 20.1 Å². The zero-order chi connectivity index (χ0) is 16.9. The summed E-state index contributed by atoms with van der Waals surface area (Å²) >= 11 is 0. The van der Waals surface area contributed by atoms with Crippen LogP contribution in [0.1, 0.15) is 11.3 Å².